The Hall–Kier alpha value is -0.530. The molecule has 0 radical (unpaired) electrons. The summed E-state index contributed by atoms with van der Waals surface area (Å²) in [7, 11) is 0. The first-order valence-electron chi connectivity index (χ1n) is 3.65. The molecular formula is C9H9ClO. The van der Waals surface area contributed by atoms with Crippen LogP contribution in [0.1, 0.15) is 17.2 Å². The zero-order chi connectivity index (χ0) is 7.84. The zero-order valence-electron chi connectivity index (χ0n) is 6.30. The Morgan fingerprint density at radius 1 is 1.55 bits per heavy atom. The standard InChI is InChI=1S/C9H9ClO/c1-6-3-2-4-7(10)9(6)8-5-11-8/h2-4,8H,5H2,1H3/t8-/m0/s1. The van der Waals surface area contributed by atoms with E-state index in [-0.39, 0.29) is 6.10 Å². The van der Waals surface area contributed by atoms with Gasteiger partial charge in [0, 0.05) is 10.6 Å². The molecule has 2 rings (SSSR count). The van der Waals surface area contributed by atoms with Crippen molar-refractivity contribution in [3.8, 4) is 0 Å². The van der Waals surface area contributed by atoms with Crippen molar-refractivity contribution in [1.29, 1.82) is 0 Å². The lowest BCUT2D eigenvalue weighted by atomic mass is 10.1. The molecule has 1 aromatic carbocycles. The summed E-state index contributed by atoms with van der Waals surface area (Å²) in [5.41, 5.74) is 2.38. The van der Waals surface area contributed by atoms with Gasteiger partial charge >= 0.3 is 0 Å². The molecule has 11 heavy (non-hydrogen) atoms. The van der Waals surface area contributed by atoms with Crippen LogP contribution < -0.4 is 0 Å². The van der Waals surface area contributed by atoms with Gasteiger partial charge in [0.1, 0.15) is 6.10 Å². The van der Waals surface area contributed by atoms with Crippen LogP contribution >= 0.6 is 11.6 Å². The van der Waals surface area contributed by atoms with Crippen molar-refractivity contribution in [3.63, 3.8) is 0 Å². The molecule has 1 fully saturated rings. The Morgan fingerprint density at radius 3 is 2.82 bits per heavy atom. The molecule has 1 aromatic rings. The van der Waals surface area contributed by atoms with Gasteiger partial charge in [-0.2, -0.15) is 0 Å². The Bertz CT molecular complexity index is 259. The van der Waals surface area contributed by atoms with Crippen molar-refractivity contribution in [2.75, 3.05) is 6.61 Å². The predicted octanol–water partition coefficient (Wildman–Crippen LogP) is 2.72. The van der Waals surface area contributed by atoms with Gasteiger partial charge in [-0.3, -0.25) is 0 Å². The topological polar surface area (TPSA) is 12.5 Å². The van der Waals surface area contributed by atoms with Crippen LogP contribution in [-0.4, -0.2) is 6.61 Å². The Kier molecular flexibility index (Phi) is 1.63. The highest BCUT2D eigenvalue weighted by molar-refractivity contribution is 6.31. The van der Waals surface area contributed by atoms with E-state index in [1.54, 1.807) is 0 Å². The van der Waals surface area contributed by atoms with Crippen LogP contribution in [0.5, 0.6) is 0 Å². The normalized spacial score (nSPS) is 21.8. The lowest BCUT2D eigenvalue weighted by Gasteiger charge is -2.02. The van der Waals surface area contributed by atoms with Crippen molar-refractivity contribution in [2.45, 2.75) is 13.0 Å². The summed E-state index contributed by atoms with van der Waals surface area (Å²) in [6.45, 7) is 2.88. The van der Waals surface area contributed by atoms with E-state index >= 15 is 0 Å². The maximum absolute atomic E-state index is 5.98. The monoisotopic (exact) mass is 168 g/mol. The van der Waals surface area contributed by atoms with Gasteiger partial charge in [-0.1, -0.05) is 23.7 Å². The van der Waals surface area contributed by atoms with Crippen LogP contribution in [0.2, 0.25) is 5.02 Å². The van der Waals surface area contributed by atoms with Crippen LogP contribution in [0, 0.1) is 6.92 Å². The molecule has 1 aliphatic heterocycles. The number of aryl methyl sites for hydroxylation is 1. The quantitative estimate of drug-likeness (QED) is 0.588. The average molecular weight is 169 g/mol. The molecule has 1 nitrogen and oxygen atoms in total. The fourth-order valence-electron chi connectivity index (χ4n) is 1.27. The molecule has 0 saturated carbocycles. The van der Waals surface area contributed by atoms with Crippen molar-refractivity contribution in [3.05, 3.63) is 34.3 Å². The van der Waals surface area contributed by atoms with Crippen LogP contribution in [-0.2, 0) is 4.74 Å². The molecule has 0 amide bonds. The molecule has 0 spiro atoms. The molecule has 58 valence electrons. The van der Waals surface area contributed by atoms with Crippen molar-refractivity contribution in [2.24, 2.45) is 0 Å². The van der Waals surface area contributed by atoms with Crippen molar-refractivity contribution < 1.29 is 4.74 Å². The maximum atomic E-state index is 5.98. The number of epoxide rings is 1. The molecule has 1 heterocycles. The highest BCUT2D eigenvalue weighted by atomic mass is 35.5. The molecule has 1 atom stereocenters. The molecule has 1 aliphatic rings. The molecular weight excluding hydrogens is 160 g/mol. The first-order chi connectivity index (χ1) is 5.29. The zero-order valence-corrected chi connectivity index (χ0v) is 7.06. The van der Waals surface area contributed by atoms with Crippen LogP contribution in [0.4, 0.5) is 0 Å². The van der Waals surface area contributed by atoms with Crippen LogP contribution in [0.15, 0.2) is 18.2 Å². The van der Waals surface area contributed by atoms with E-state index in [1.165, 1.54) is 5.56 Å². The number of benzene rings is 1. The largest absolute Gasteiger partial charge is 0.368 e. The van der Waals surface area contributed by atoms with E-state index in [2.05, 4.69) is 13.0 Å². The van der Waals surface area contributed by atoms with E-state index in [1.807, 2.05) is 12.1 Å². The highest BCUT2D eigenvalue weighted by Crippen LogP contribution is 2.36. The average Bonchev–Trinajstić information content (AvgIpc) is 2.70. The minimum absolute atomic E-state index is 0.267. The fourth-order valence-corrected chi connectivity index (χ4v) is 1.61. The summed E-state index contributed by atoms with van der Waals surface area (Å²) in [6.07, 6.45) is 0.267. The van der Waals surface area contributed by atoms with Crippen molar-refractivity contribution in [1.82, 2.24) is 0 Å². The second kappa shape index (κ2) is 2.50. The lowest BCUT2D eigenvalue weighted by Crippen LogP contribution is -1.87. The van der Waals surface area contributed by atoms with E-state index in [4.69, 9.17) is 16.3 Å². The summed E-state index contributed by atoms with van der Waals surface area (Å²) >= 11 is 5.98. The van der Waals surface area contributed by atoms with Crippen LogP contribution in [0.3, 0.4) is 0 Å². The molecule has 0 unspecified atom stereocenters. The third-order valence-corrected chi connectivity index (χ3v) is 2.26. The van der Waals surface area contributed by atoms with Gasteiger partial charge in [0.05, 0.1) is 6.61 Å². The number of hydrogen-bond donors (Lipinski definition) is 0. The van der Waals surface area contributed by atoms with Gasteiger partial charge in [-0.25, -0.2) is 0 Å². The van der Waals surface area contributed by atoms with E-state index in [9.17, 15) is 0 Å². The number of rotatable bonds is 1. The van der Waals surface area contributed by atoms with Gasteiger partial charge in [0.25, 0.3) is 0 Å². The number of halogens is 1. The van der Waals surface area contributed by atoms with Crippen molar-refractivity contribution >= 4 is 11.6 Å². The molecule has 0 aliphatic carbocycles. The third kappa shape index (κ3) is 1.26. The summed E-state index contributed by atoms with van der Waals surface area (Å²) in [5, 5.41) is 0.826. The summed E-state index contributed by atoms with van der Waals surface area (Å²) in [4.78, 5) is 0. The van der Waals surface area contributed by atoms with E-state index in [0.717, 1.165) is 17.2 Å². The van der Waals surface area contributed by atoms with Gasteiger partial charge in [0.2, 0.25) is 0 Å². The molecule has 2 heteroatoms. The third-order valence-electron chi connectivity index (χ3n) is 1.93. The fraction of sp³-hybridized carbons (Fsp3) is 0.333. The Morgan fingerprint density at radius 2 is 2.27 bits per heavy atom. The minimum Gasteiger partial charge on any atom is -0.368 e. The van der Waals surface area contributed by atoms with Gasteiger partial charge in [-0.15, -0.1) is 0 Å². The second-order valence-electron chi connectivity index (χ2n) is 2.79. The molecule has 1 saturated heterocycles. The smallest absolute Gasteiger partial charge is 0.108 e. The van der Waals surface area contributed by atoms with Gasteiger partial charge in [-0.05, 0) is 18.6 Å². The first-order valence-corrected chi connectivity index (χ1v) is 4.03. The first kappa shape index (κ1) is 7.14. The summed E-state index contributed by atoms with van der Waals surface area (Å²) in [5.74, 6) is 0. The molecule has 0 bridgehead atoms. The maximum Gasteiger partial charge on any atom is 0.108 e. The van der Waals surface area contributed by atoms with Gasteiger partial charge in [0.15, 0.2) is 0 Å². The van der Waals surface area contributed by atoms with Crippen LogP contribution in [0.25, 0.3) is 0 Å². The molecule has 0 aromatic heterocycles. The minimum atomic E-state index is 0.267. The van der Waals surface area contributed by atoms with Gasteiger partial charge < -0.3 is 4.74 Å². The lowest BCUT2D eigenvalue weighted by molar-refractivity contribution is 0.415. The highest BCUT2D eigenvalue weighted by Gasteiger charge is 2.28. The van der Waals surface area contributed by atoms with E-state index in [0.29, 0.717) is 0 Å². The number of ether oxygens (including phenoxy) is 1. The Labute approximate surface area is 70.9 Å². The number of hydrogen-bond acceptors (Lipinski definition) is 1. The Balaban J connectivity index is 2.48. The molecule has 0 N–H and O–H groups in total. The predicted molar refractivity (Wildman–Crippen MR) is 44.9 cm³/mol. The SMILES string of the molecule is Cc1cccc(Cl)c1[C@@H]1CO1. The van der Waals surface area contributed by atoms with E-state index < -0.39 is 0 Å². The second-order valence-corrected chi connectivity index (χ2v) is 3.20. The summed E-state index contributed by atoms with van der Waals surface area (Å²) < 4.78 is 5.17. The summed E-state index contributed by atoms with van der Waals surface area (Å²) in [6, 6.07) is 5.93.